The van der Waals surface area contributed by atoms with Crippen LogP contribution in [0.4, 0.5) is 0 Å². The van der Waals surface area contributed by atoms with Crippen molar-refractivity contribution < 1.29 is 9.47 Å². The van der Waals surface area contributed by atoms with E-state index < -0.39 is 0 Å². The Balaban J connectivity index is 2.73. The maximum atomic E-state index is 5.78. The summed E-state index contributed by atoms with van der Waals surface area (Å²) in [4.78, 5) is 0. The number of likely N-dealkylation sites (N-methyl/N-ethyl adjacent to an activating group) is 1. The van der Waals surface area contributed by atoms with Crippen LogP contribution in [0.3, 0.4) is 0 Å². The number of nitrogens with one attached hydrogen (secondary N) is 1. The molecule has 1 aromatic carbocycles. The molecule has 0 bridgehead atoms. The first-order valence-electron chi connectivity index (χ1n) is 5.91. The van der Waals surface area contributed by atoms with Crippen molar-refractivity contribution in [2.75, 3.05) is 20.8 Å². The molecule has 0 spiro atoms. The molecular weight excluding hydrogens is 214 g/mol. The van der Waals surface area contributed by atoms with Crippen LogP contribution in [0.25, 0.3) is 0 Å². The Hall–Kier alpha value is -1.06. The van der Waals surface area contributed by atoms with Gasteiger partial charge in [0.2, 0.25) is 0 Å². The lowest BCUT2D eigenvalue weighted by Gasteiger charge is -2.22. The van der Waals surface area contributed by atoms with E-state index in [-0.39, 0.29) is 11.6 Å². The predicted molar refractivity (Wildman–Crippen MR) is 70.5 cm³/mol. The van der Waals surface area contributed by atoms with Gasteiger partial charge < -0.3 is 14.8 Å². The van der Waals surface area contributed by atoms with Gasteiger partial charge in [-0.2, -0.15) is 0 Å². The third kappa shape index (κ3) is 4.75. The highest BCUT2D eigenvalue weighted by atomic mass is 16.5. The van der Waals surface area contributed by atoms with Crippen molar-refractivity contribution in [2.24, 2.45) is 0 Å². The van der Waals surface area contributed by atoms with Crippen molar-refractivity contribution >= 4 is 0 Å². The fourth-order valence-electron chi connectivity index (χ4n) is 1.63. The number of rotatable bonds is 5. The van der Waals surface area contributed by atoms with Crippen molar-refractivity contribution in [3.63, 3.8) is 0 Å². The van der Waals surface area contributed by atoms with Gasteiger partial charge in [-0.3, -0.25) is 0 Å². The van der Waals surface area contributed by atoms with E-state index >= 15 is 0 Å². The Morgan fingerprint density at radius 2 is 1.76 bits per heavy atom. The Kier molecular flexibility index (Phi) is 4.97. The van der Waals surface area contributed by atoms with Gasteiger partial charge in [0.25, 0.3) is 0 Å². The Morgan fingerprint density at radius 3 is 2.18 bits per heavy atom. The summed E-state index contributed by atoms with van der Waals surface area (Å²) in [5.41, 5.74) is 1.05. The van der Waals surface area contributed by atoms with Gasteiger partial charge in [0.1, 0.15) is 11.4 Å². The first kappa shape index (κ1) is 14.0. The molecule has 1 rings (SSSR count). The van der Waals surface area contributed by atoms with Gasteiger partial charge in [-0.05, 0) is 45.5 Å². The monoisotopic (exact) mass is 237 g/mol. The molecule has 0 saturated carbocycles. The third-order valence-electron chi connectivity index (χ3n) is 2.39. The number of ether oxygens (including phenoxy) is 2. The number of hydrogen-bond donors (Lipinski definition) is 1. The van der Waals surface area contributed by atoms with E-state index in [0.717, 1.165) is 5.75 Å². The Morgan fingerprint density at radius 1 is 1.18 bits per heavy atom. The smallest absolute Gasteiger partial charge is 0.120 e. The van der Waals surface area contributed by atoms with Crippen molar-refractivity contribution in [3.8, 4) is 5.75 Å². The zero-order valence-corrected chi connectivity index (χ0v) is 11.4. The number of benzene rings is 1. The summed E-state index contributed by atoms with van der Waals surface area (Å²) in [6, 6.07) is 8.37. The molecule has 1 aromatic rings. The fraction of sp³-hybridized carbons (Fsp3) is 0.571. The molecule has 96 valence electrons. The number of methoxy groups -OCH3 is 1. The summed E-state index contributed by atoms with van der Waals surface area (Å²) in [6.07, 6.45) is 0. The predicted octanol–water partition coefficient (Wildman–Crippen LogP) is 2.77. The van der Waals surface area contributed by atoms with Gasteiger partial charge in [-0.1, -0.05) is 12.1 Å². The lowest BCUT2D eigenvalue weighted by molar-refractivity contribution is 0.131. The average Bonchev–Trinajstić information content (AvgIpc) is 2.25. The molecule has 0 saturated heterocycles. The molecule has 0 fully saturated rings. The van der Waals surface area contributed by atoms with Crippen molar-refractivity contribution in [3.05, 3.63) is 29.8 Å². The molecule has 0 aliphatic heterocycles. The second-order valence-corrected chi connectivity index (χ2v) is 5.08. The maximum absolute atomic E-state index is 5.78. The van der Waals surface area contributed by atoms with E-state index in [0.29, 0.717) is 6.61 Å². The summed E-state index contributed by atoms with van der Waals surface area (Å²) in [5.74, 6) is 0.897. The standard InChI is InChI=1S/C14H23NO2/c1-14(2,3)17-12-8-6-11(7-9-12)13(15-4)10-16-5/h6-9,13,15H,10H2,1-5H3. The van der Waals surface area contributed by atoms with Crippen LogP contribution in [-0.2, 0) is 4.74 Å². The first-order chi connectivity index (χ1) is 7.96. The first-order valence-corrected chi connectivity index (χ1v) is 5.91. The van der Waals surface area contributed by atoms with E-state index in [4.69, 9.17) is 9.47 Å². The minimum absolute atomic E-state index is 0.156. The zero-order valence-electron chi connectivity index (χ0n) is 11.4. The Bertz CT molecular complexity index is 327. The minimum atomic E-state index is -0.156. The summed E-state index contributed by atoms with van der Waals surface area (Å²) in [5, 5.41) is 3.22. The lowest BCUT2D eigenvalue weighted by atomic mass is 10.1. The van der Waals surface area contributed by atoms with Crippen LogP contribution >= 0.6 is 0 Å². The van der Waals surface area contributed by atoms with Crippen LogP contribution in [-0.4, -0.2) is 26.4 Å². The van der Waals surface area contributed by atoms with Crippen LogP contribution in [0.15, 0.2) is 24.3 Å². The van der Waals surface area contributed by atoms with Gasteiger partial charge in [0, 0.05) is 7.11 Å². The second kappa shape index (κ2) is 6.03. The molecule has 3 heteroatoms. The molecule has 17 heavy (non-hydrogen) atoms. The van der Waals surface area contributed by atoms with Crippen LogP contribution in [0.5, 0.6) is 5.75 Å². The third-order valence-corrected chi connectivity index (χ3v) is 2.39. The molecule has 1 atom stereocenters. The van der Waals surface area contributed by atoms with Gasteiger partial charge in [0.15, 0.2) is 0 Å². The highest BCUT2D eigenvalue weighted by molar-refractivity contribution is 5.29. The van der Waals surface area contributed by atoms with Gasteiger partial charge >= 0.3 is 0 Å². The van der Waals surface area contributed by atoms with Crippen LogP contribution < -0.4 is 10.1 Å². The fourth-order valence-corrected chi connectivity index (χ4v) is 1.63. The molecule has 0 aromatic heterocycles. The minimum Gasteiger partial charge on any atom is -0.488 e. The Labute approximate surface area is 104 Å². The molecule has 3 nitrogen and oxygen atoms in total. The van der Waals surface area contributed by atoms with E-state index in [1.807, 2.05) is 40.0 Å². The molecule has 0 radical (unpaired) electrons. The van der Waals surface area contributed by atoms with E-state index in [1.165, 1.54) is 5.56 Å². The normalized spacial score (nSPS) is 13.5. The summed E-state index contributed by atoms with van der Waals surface area (Å²) >= 11 is 0. The zero-order chi connectivity index (χ0) is 12.9. The topological polar surface area (TPSA) is 30.5 Å². The van der Waals surface area contributed by atoms with Crippen molar-refractivity contribution in [1.29, 1.82) is 0 Å². The van der Waals surface area contributed by atoms with Gasteiger partial charge in [-0.25, -0.2) is 0 Å². The molecule has 1 N–H and O–H groups in total. The van der Waals surface area contributed by atoms with Gasteiger partial charge in [-0.15, -0.1) is 0 Å². The molecule has 0 heterocycles. The SMILES string of the molecule is CNC(COC)c1ccc(OC(C)(C)C)cc1. The van der Waals surface area contributed by atoms with Gasteiger partial charge in [0.05, 0.1) is 12.6 Å². The van der Waals surface area contributed by atoms with E-state index in [1.54, 1.807) is 7.11 Å². The largest absolute Gasteiger partial charge is 0.488 e. The summed E-state index contributed by atoms with van der Waals surface area (Å²) in [6.45, 7) is 6.79. The average molecular weight is 237 g/mol. The molecule has 0 aliphatic carbocycles. The van der Waals surface area contributed by atoms with Crippen LogP contribution in [0.2, 0.25) is 0 Å². The van der Waals surface area contributed by atoms with E-state index in [9.17, 15) is 0 Å². The molecule has 0 amide bonds. The number of hydrogen-bond acceptors (Lipinski definition) is 3. The quantitative estimate of drug-likeness (QED) is 0.854. The van der Waals surface area contributed by atoms with Crippen molar-refractivity contribution in [2.45, 2.75) is 32.4 Å². The molecule has 0 aliphatic rings. The summed E-state index contributed by atoms with van der Waals surface area (Å²) in [7, 11) is 3.64. The molecule has 1 unspecified atom stereocenters. The second-order valence-electron chi connectivity index (χ2n) is 5.08. The lowest BCUT2D eigenvalue weighted by Crippen LogP contribution is -2.23. The highest BCUT2D eigenvalue weighted by Crippen LogP contribution is 2.21. The van der Waals surface area contributed by atoms with Crippen molar-refractivity contribution in [1.82, 2.24) is 5.32 Å². The van der Waals surface area contributed by atoms with Crippen LogP contribution in [0, 0.1) is 0 Å². The molecular formula is C14H23NO2. The van der Waals surface area contributed by atoms with Crippen LogP contribution in [0.1, 0.15) is 32.4 Å². The highest BCUT2D eigenvalue weighted by Gasteiger charge is 2.13. The van der Waals surface area contributed by atoms with E-state index in [2.05, 4.69) is 17.4 Å². The maximum Gasteiger partial charge on any atom is 0.120 e. The summed E-state index contributed by atoms with van der Waals surface area (Å²) < 4.78 is 10.9.